The van der Waals surface area contributed by atoms with Crippen molar-refractivity contribution in [3.8, 4) is 51.0 Å². The van der Waals surface area contributed by atoms with Gasteiger partial charge in [-0.15, -0.1) is 0 Å². The van der Waals surface area contributed by atoms with Crippen molar-refractivity contribution in [3.63, 3.8) is 0 Å². The normalized spacial score (nSPS) is 12.3. The molecule has 0 fully saturated rings. The Bertz CT molecular complexity index is 3100. The van der Waals surface area contributed by atoms with Gasteiger partial charge in [0, 0.05) is 60.6 Å². The van der Waals surface area contributed by atoms with Crippen LogP contribution < -0.4 is 0 Å². The van der Waals surface area contributed by atoms with Gasteiger partial charge in [0.2, 0.25) is 0 Å². The highest BCUT2D eigenvalue weighted by molar-refractivity contribution is 6.18. The molecule has 7 aromatic carbocycles. The number of aromatic nitrogens is 5. The largest absolute Gasteiger partial charge is 0.354 e. The van der Waals surface area contributed by atoms with Crippen LogP contribution in [0.15, 0.2) is 158 Å². The summed E-state index contributed by atoms with van der Waals surface area (Å²) >= 11 is 0. The molecule has 5 heteroatoms. The molecule has 0 atom stereocenters. The molecule has 0 unspecified atom stereocenters. The molecule has 0 amide bonds. The van der Waals surface area contributed by atoms with Crippen molar-refractivity contribution in [1.82, 2.24) is 24.5 Å². The molecule has 282 valence electrons. The van der Waals surface area contributed by atoms with E-state index in [1.54, 1.807) is 0 Å². The van der Waals surface area contributed by atoms with Crippen LogP contribution in [0.5, 0.6) is 0 Å². The van der Waals surface area contributed by atoms with Gasteiger partial charge in [-0.1, -0.05) is 145 Å². The van der Waals surface area contributed by atoms with Gasteiger partial charge in [-0.3, -0.25) is 0 Å². The van der Waals surface area contributed by atoms with Crippen LogP contribution in [0, 0.1) is 0 Å². The first kappa shape index (κ1) is 35.6. The van der Waals surface area contributed by atoms with Gasteiger partial charge in [-0.05, 0) is 76.6 Å². The topological polar surface area (TPSA) is 59.4 Å². The molecule has 0 radical (unpaired) electrons. The highest BCUT2D eigenvalue weighted by Gasteiger charge is 2.25. The molecule has 0 aliphatic rings. The summed E-state index contributed by atoms with van der Waals surface area (Å²) in [5.74, 6) is 1.93. The second-order valence-corrected chi connectivity index (χ2v) is 17.5. The molecule has 1 N–H and O–H groups in total. The minimum atomic E-state index is -0.0727. The van der Waals surface area contributed by atoms with Crippen LogP contribution in [0.4, 0.5) is 0 Å². The summed E-state index contributed by atoms with van der Waals surface area (Å²) in [4.78, 5) is 18.8. The molecule has 3 aromatic heterocycles. The minimum Gasteiger partial charge on any atom is -0.354 e. The first-order valence-corrected chi connectivity index (χ1v) is 20.1. The maximum atomic E-state index is 5.03. The lowest BCUT2D eigenvalue weighted by atomic mass is 9.83. The number of para-hydroxylation sites is 2. The summed E-state index contributed by atoms with van der Waals surface area (Å²) in [5, 5.41) is 4.96. The number of hydrogen-bond acceptors (Lipinski definition) is 3. The number of rotatable bonds is 5. The van der Waals surface area contributed by atoms with E-state index in [4.69, 9.17) is 15.0 Å². The Morgan fingerprint density at radius 1 is 0.431 bits per heavy atom. The Labute approximate surface area is 339 Å². The standard InChI is InChI=1S/C53H45N5/c1-52(2,3)36-26-29-46-42(30-36)44-32-37(53(4,5)6)31-43(41-22-15-21-40-39-20-13-14-23-45(39)54-47(40)41)48(44)58(46)38-27-24-35(25-28-38)51-56-49(33-16-9-7-10-17-33)55-50(57-51)34-18-11-8-12-19-34/h7-32,54H,1-6H3. The molecule has 10 aromatic rings. The molecule has 0 aliphatic carbocycles. The fourth-order valence-corrected chi connectivity index (χ4v) is 8.32. The predicted octanol–water partition coefficient (Wildman–Crippen LogP) is 13.9. The molecule has 0 aliphatic heterocycles. The van der Waals surface area contributed by atoms with Crippen molar-refractivity contribution in [1.29, 1.82) is 0 Å². The van der Waals surface area contributed by atoms with Gasteiger partial charge in [0.25, 0.3) is 0 Å². The Balaban J connectivity index is 1.23. The highest BCUT2D eigenvalue weighted by atomic mass is 15.0. The lowest BCUT2D eigenvalue weighted by molar-refractivity contribution is 0.590. The number of nitrogens with one attached hydrogen (secondary N) is 1. The molecule has 0 saturated heterocycles. The number of nitrogens with zero attached hydrogens (tertiary/aromatic N) is 4. The van der Waals surface area contributed by atoms with E-state index >= 15 is 0 Å². The number of hydrogen-bond donors (Lipinski definition) is 1. The van der Waals surface area contributed by atoms with Crippen LogP contribution in [-0.4, -0.2) is 24.5 Å². The first-order valence-electron chi connectivity index (χ1n) is 20.1. The van der Waals surface area contributed by atoms with E-state index < -0.39 is 0 Å². The van der Waals surface area contributed by atoms with Crippen molar-refractivity contribution >= 4 is 43.6 Å². The summed E-state index contributed by atoms with van der Waals surface area (Å²) in [5.41, 5.74) is 13.5. The van der Waals surface area contributed by atoms with Crippen LogP contribution >= 0.6 is 0 Å². The van der Waals surface area contributed by atoms with Gasteiger partial charge in [-0.2, -0.15) is 0 Å². The monoisotopic (exact) mass is 751 g/mol. The van der Waals surface area contributed by atoms with Crippen LogP contribution in [-0.2, 0) is 10.8 Å². The van der Waals surface area contributed by atoms with E-state index in [0.29, 0.717) is 17.5 Å². The Morgan fingerprint density at radius 2 is 0.983 bits per heavy atom. The molecule has 0 saturated carbocycles. The number of benzene rings is 7. The average molecular weight is 752 g/mol. The first-order chi connectivity index (χ1) is 28.0. The molecule has 0 spiro atoms. The predicted molar refractivity (Wildman–Crippen MR) is 243 cm³/mol. The van der Waals surface area contributed by atoms with Crippen molar-refractivity contribution < 1.29 is 0 Å². The zero-order valence-corrected chi connectivity index (χ0v) is 33.8. The van der Waals surface area contributed by atoms with Crippen LogP contribution in [0.1, 0.15) is 52.7 Å². The third kappa shape index (κ3) is 6.06. The molecule has 10 rings (SSSR count). The molecule has 58 heavy (non-hydrogen) atoms. The minimum absolute atomic E-state index is 0.00751. The SMILES string of the molecule is CC(C)(C)c1ccc2c(c1)c1cc(C(C)(C)C)cc(-c3cccc4c3[nH]c3ccccc34)c1n2-c1ccc(-c2nc(-c3ccccc3)nc(-c3ccccc3)n2)cc1. The maximum Gasteiger partial charge on any atom is 0.164 e. The van der Waals surface area contributed by atoms with Gasteiger partial charge < -0.3 is 9.55 Å². The summed E-state index contributed by atoms with van der Waals surface area (Å²) in [7, 11) is 0. The third-order valence-corrected chi connectivity index (χ3v) is 11.5. The molecule has 5 nitrogen and oxygen atoms in total. The van der Waals surface area contributed by atoms with Gasteiger partial charge in [-0.25, -0.2) is 15.0 Å². The van der Waals surface area contributed by atoms with Crippen molar-refractivity contribution in [2.75, 3.05) is 0 Å². The Kier molecular flexibility index (Phi) is 8.20. The van der Waals surface area contributed by atoms with E-state index in [1.807, 2.05) is 60.7 Å². The maximum absolute atomic E-state index is 5.03. The summed E-state index contributed by atoms with van der Waals surface area (Å²) in [6.45, 7) is 13.8. The molecular formula is C53H45N5. The number of H-pyrrole nitrogens is 1. The van der Waals surface area contributed by atoms with Crippen LogP contribution in [0.25, 0.3) is 94.6 Å². The fraction of sp³-hybridized carbons (Fsp3) is 0.151. The van der Waals surface area contributed by atoms with E-state index in [-0.39, 0.29) is 10.8 Å². The van der Waals surface area contributed by atoms with Gasteiger partial charge >= 0.3 is 0 Å². The smallest absolute Gasteiger partial charge is 0.164 e. The van der Waals surface area contributed by atoms with Gasteiger partial charge in [0.15, 0.2) is 17.5 Å². The zero-order chi connectivity index (χ0) is 39.8. The van der Waals surface area contributed by atoms with E-state index in [2.05, 4.69) is 148 Å². The second kappa shape index (κ2) is 13.4. The summed E-state index contributed by atoms with van der Waals surface area (Å²) < 4.78 is 2.46. The van der Waals surface area contributed by atoms with Gasteiger partial charge in [0.1, 0.15) is 0 Å². The lowest BCUT2D eigenvalue weighted by Crippen LogP contribution is -2.11. The van der Waals surface area contributed by atoms with E-state index in [1.165, 1.54) is 54.8 Å². The van der Waals surface area contributed by atoms with Crippen LogP contribution in [0.3, 0.4) is 0 Å². The molecule has 3 heterocycles. The number of fused-ring (bicyclic) bond motifs is 6. The Morgan fingerprint density at radius 3 is 1.60 bits per heavy atom. The van der Waals surface area contributed by atoms with Crippen molar-refractivity contribution in [2.24, 2.45) is 0 Å². The number of aromatic amines is 1. The summed E-state index contributed by atoms with van der Waals surface area (Å²) in [6, 6.07) is 56.2. The van der Waals surface area contributed by atoms with Crippen LogP contribution in [0.2, 0.25) is 0 Å². The zero-order valence-electron chi connectivity index (χ0n) is 33.8. The Hall–Kier alpha value is -6.85. The quantitative estimate of drug-likeness (QED) is 0.190. The fourth-order valence-electron chi connectivity index (χ4n) is 8.32. The lowest BCUT2D eigenvalue weighted by Gasteiger charge is -2.22. The molecule has 0 bridgehead atoms. The van der Waals surface area contributed by atoms with E-state index in [0.717, 1.165) is 33.4 Å². The second-order valence-electron chi connectivity index (χ2n) is 17.5. The summed E-state index contributed by atoms with van der Waals surface area (Å²) in [6.07, 6.45) is 0. The molecular weight excluding hydrogens is 707 g/mol. The average Bonchev–Trinajstić information content (AvgIpc) is 3.79. The van der Waals surface area contributed by atoms with Gasteiger partial charge in [0.05, 0.1) is 16.6 Å². The third-order valence-electron chi connectivity index (χ3n) is 11.5. The van der Waals surface area contributed by atoms with E-state index in [9.17, 15) is 0 Å². The van der Waals surface area contributed by atoms with Crippen molar-refractivity contribution in [2.45, 2.75) is 52.4 Å². The van der Waals surface area contributed by atoms with Crippen molar-refractivity contribution in [3.05, 3.63) is 169 Å². The highest BCUT2D eigenvalue weighted by Crippen LogP contribution is 2.45.